The molecule has 0 unspecified atom stereocenters. The molecule has 0 rings (SSSR count). The summed E-state index contributed by atoms with van der Waals surface area (Å²) in [5, 5.41) is 0. The average Bonchev–Trinajstić information content (AvgIpc) is 2.14. The molecule has 0 bridgehead atoms. The Balaban J connectivity index is 3.80. The van der Waals surface area contributed by atoms with Crippen LogP contribution in [0.25, 0.3) is 0 Å². The molecule has 0 N–H and O–H groups in total. The monoisotopic (exact) mass is 211 g/mol. The van der Waals surface area contributed by atoms with Gasteiger partial charge in [0.25, 0.3) is 0 Å². The Hall–Kier alpha value is -0.630. The maximum atomic E-state index is 11.5. The molecule has 2 nitrogen and oxygen atoms in total. The van der Waals surface area contributed by atoms with Crippen molar-refractivity contribution in [3.63, 3.8) is 0 Å². The van der Waals surface area contributed by atoms with Crippen molar-refractivity contribution in [2.24, 2.45) is 5.41 Å². The van der Waals surface area contributed by atoms with E-state index in [1.54, 1.807) is 6.08 Å². The minimum atomic E-state index is 0.248. The lowest BCUT2D eigenvalue weighted by Gasteiger charge is -2.21. The number of rotatable bonds is 7. The molecule has 0 saturated carbocycles. The molecule has 15 heavy (non-hydrogen) atoms. The fourth-order valence-electron chi connectivity index (χ4n) is 1.12. The van der Waals surface area contributed by atoms with Crippen molar-refractivity contribution in [2.45, 2.75) is 40.0 Å². The zero-order valence-corrected chi connectivity index (χ0v) is 10.8. The molecule has 2 heteroatoms. The molecule has 0 heterocycles. The first-order chi connectivity index (χ1) is 6.87. The number of allylic oxidation sites excluding steroid dienone is 1. The van der Waals surface area contributed by atoms with Crippen LogP contribution in [0.1, 0.15) is 40.0 Å². The van der Waals surface area contributed by atoms with Gasteiger partial charge >= 0.3 is 0 Å². The zero-order chi connectivity index (χ0) is 11.9. The summed E-state index contributed by atoms with van der Waals surface area (Å²) in [6, 6.07) is 0. The molecule has 88 valence electrons. The highest BCUT2D eigenvalue weighted by Gasteiger charge is 2.15. The highest BCUT2D eigenvalue weighted by Crippen LogP contribution is 2.25. The van der Waals surface area contributed by atoms with Gasteiger partial charge in [0.1, 0.15) is 0 Å². The van der Waals surface area contributed by atoms with Gasteiger partial charge in [-0.05, 0) is 32.0 Å². The van der Waals surface area contributed by atoms with Crippen LogP contribution in [-0.4, -0.2) is 31.3 Å². The minimum Gasteiger partial charge on any atom is -0.306 e. The van der Waals surface area contributed by atoms with Crippen LogP contribution >= 0.6 is 0 Å². The third-order valence-corrected chi connectivity index (χ3v) is 2.78. The van der Waals surface area contributed by atoms with Crippen LogP contribution in [0.4, 0.5) is 0 Å². The maximum Gasteiger partial charge on any atom is 0.155 e. The number of likely N-dealkylation sites (N-methyl/N-ethyl adjacent to an activating group) is 1. The van der Waals surface area contributed by atoms with E-state index in [-0.39, 0.29) is 5.78 Å². The van der Waals surface area contributed by atoms with Gasteiger partial charge < -0.3 is 4.90 Å². The second-order valence-electron chi connectivity index (χ2n) is 5.15. The van der Waals surface area contributed by atoms with Crippen LogP contribution in [0.15, 0.2) is 12.2 Å². The first-order valence-electron chi connectivity index (χ1n) is 5.71. The second kappa shape index (κ2) is 6.78. The van der Waals surface area contributed by atoms with Crippen LogP contribution in [0.5, 0.6) is 0 Å². The average molecular weight is 211 g/mol. The van der Waals surface area contributed by atoms with E-state index in [0.717, 1.165) is 19.4 Å². The van der Waals surface area contributed by atoms with Crippen LogP contribution in [0.2, 0.25) is 0 Å². The molecule has 0 radical (unpaired) electrons. The summed E-state index contributed by atoms with van der Waals surface area (Å²) in [5.74, 6) is 0.248. The van der Waals surface area contributed by atoms with Gasteiger partial charge in [-0.15, -0.1) is 0 Å². The van der Waals surface area contributed by atoms with E-state index in [0.29, 0.717) is 11.8 Å². The molecule has 0 spiro atoms. The third kappa shape index (κ3) is 8.37. The lowest BCUT2D eigenvalue weighted by Crippen LogP contribution is -2.12. The summed E-state index contributed by atoms with van der Waals surface area (Å²) in [6.45, 7) is 7.43. The van der Waals surface area contributed by atoms with Crippen molar-refractivity contribution in [2.75, 3.05) is 20.6 Å². The number of hydrogen-bond acceptors (Lipinski definition) is 2. The van der Waals surface area contributed by atoms with Crippen molar-refractivity contribution in [3.8, 4) is 0 Å². The van der Waals surface area contributed by atoms with E-state index in [4.69, 9.17) is 0 Å². The zero-order valence-electron chi connectivity index (χ0n) is 10.8. The molecule has 0 aliphatic carbocycles. The predicted octanol–water partition coefficient (Wildman–Crippen LogP) is 2.89. The fourth-order valence-corrected chi connectivity index (χ4v) is 1.12. The van der Waals surface area contributed by atoms with Crippen LogP contribution < -0.4 is 0 Å². The Morgan fingerprint density at radius 3 is 2.40 bits per heavy atom. The van der Waals surface area contributed by atoms with Gasteiger partial charge in [0.05, 0.1) is 0 Å². The van der Waals surface area contributed by atoms with E-state index < -0.39 is 0 Å². The molecule has 0 atom stereocenters. The van der Waals surface area contributed by atoms with E-state index in [1.807, 2.05) is 25.1 Å². The summed E-state index contributed by atoms with van der Waals surface area (Å²) in [4.78, 5) is 13.5. The largest absolute Gasteiger partial charge is 0.306 e. The number of carbonyl (C=O) groups excluding carboxylic acids is 1. The fraction of sp³-hybridized carbons (Fsp3) is 0.769. The Labute approximate surface area is 94.4 Å². The van der Waals surface area contributed by atoms with Gasteiger partial charge in [-0.2, -0.15) is 0 Å². The van der Waals surface area contributed by atoms with Gasteiger partial charge in [0.15, 0.2) is 5.78 Å². The summed E-state index contributed by atoms with van der Waals surface area (Å²) in [5.41, 5.74) is 0.297. The van der Waals surface area contributed by atoms with Crippen LogP contribution in [0.3, 0.4) is 0 Å². The summed E-state index contributed by atoms with van der Waals surface area (Å²) in [6.07, 6.45) is 6.42. The quantitative estimate of drug-likeness (QED) is 0.603. The molecule has 0 fully saturated rings. The molecule has 0 aliphatic rings. The number of carbonyl (C=O) groups is 1. The second-order valence-corrected chi connectivity index (χ2v) is 5.15. The van der Waals surface area contributed by atoms with Gasteiger partial charge in [-0.3, -0.25) is 4.79 Å². The Kier molecular flexibility index (Phi) is 6.50. The van der Waals surface area contributed by atoms with Crippen molar-refractivity contribution in [1.82, 2.24) is 4.90 Å². The summed E-state index contributed by atoms with van der Waals surface area (Å²) in [7, 11) is 3.99. The van der Waals surface area contributed by atoms with Crippen LogP contribution in [0, 0.1) is 5.41 Å². The number of hydrogen-bond donors (Lipinski definition) is 0. The molecule has 0 saturated heterocycles. The third-order valence-electron chi connectivity index (χ3n) is 2.78. The highest BCUT2D eigenvalue weighted by molar-refractivity contribution is 5.89. The molecule has 0 aromatic carbocycles. The topological polar surface area (TPSA) is 20.3 Å². The van der Waals surface area contributed by atoms with E-state index in [1.165, 1.54) is 0 Å². The normalized spacial score (nSPS) is 12.7. The molecule has 0 amide bonds. The Morgan fingerprint density at radius 2 is 1.93 bits per heavy atom. The van der Waals surface area contributed by atoms with Gasteiger partial charge in [-0.25, -0.2) is 0 Å². The lowest BCUT2D eigenvalue weighted by molar-refractivity contribution is -0.115. The number of ketones is 1. The molecule has 0 aliphatic heterocycles. The smallest absolute Gasteiger partial charge is 0.155 e. The summed E-state index contributed by atoms with van der Waals surface area (Å²) >= 11 is 0. The van der Waals surface area contributed by atoms with E-state index >= 15 is 0 Å². The first-order valence-corrected chi connectivity index (χ1v) is 5.71. The Morgan fingerprint density at radius 1 is 1.33 bits per heavy atom. The van der Waals surface area contributed by atoms with Crippen molar-refractivity contribution < 1.29 is 4.79 Å². The minimum absolute atomic E-state index is 0.248. The van der Waals surface area contributed by atoms with Gasteiger partial charge in [0.2, 0.25) is 0 Å². The van der Waals surface area contributed by atoms with Crippen molar-refractivity contribution in [1.29, 1.82) is 0 Å². The van der Waals surface area contributed by atoms with Crippen molar-refractivity contribution >= 4 is 5.78 Å². The van der Waals surface area contributed by atoms with Gasteiger partial charge in [-0.1, -0.05) is 33.3 Å². The molecular weight excluding hydrogens is 186 g/mol. The number of nitrogens with zero attached hydrogens (tertiary/aromatic N) is 1. The standard InChI is InChI=1S/C13H25NO/c1-6-13(2,3)10-9-12(15)8-7-11-14(4)5/h7-8H,6,9-11H2,1-5H3/b8-7+. The lowest BCUT2D eigenvalue weighted by atomic mass is 9.84. The molecular formula is C13H25NO. The Bertz CT molecular complexity index is 217. The van der Waals surface area contributed by atoms with Crippen molar-refractivity contribution in [3.05, 3.63) is 12.2 Å². The SMILES string of the molecule is CCC(C)(C)CCC(=O)/C=C/CN(C)C. The predicted molar refractivity (Wildman–Crippen MR) is 66.0 cm³/mol. The van der Waals surface area contributed by atoms with Crippen LogP contribution in [-0.2, 0) is 4.79 Å². The molecule has 0 aromatic rings. The summed E-state index contributed by atoms with van der Waals surface area (Å²) < 4.78 is 0. The highest BCUT2D eigenvalue weighted by atomic mass is 16.1. The van der Waals surface area contributed by atoms with E-state index in [9.17, 15) is 4.79 Å². The maximum absolute atomic E-state index is 11.5. The molecule has 0 aromatic heterocycles. The first kappa shape index (κ1) is 14.4. The van der Waals surface area contributed by atoms with E-state index in [2.05, 4.69) is 20.8 Å². The van der Waals surface area contributed by atoms with Gasteiger partial charge in [0, 0.05) is 13.0 Å².